The van der Waals surface area contributed by atoms with E-state index in [2.05, 4.69) is 46.6 Å². The van der Waals surface area contributed by atoms with Crippen molar-refractivity contribution < 1.29 is 4.39 Å². The molecule has 1 aliphatic carbocycles. The fourth-order valence-corrected chi connectivity index (χ4v) is 4.32. The Morgan fingerprint density at radius 3 is 2.55 bits per heavy atom. The van der Waals surface area contributed by atoms with E-state index < -0.39 is 0 Å². The van der Waals surface area contributed by atoms with E-state index in [-0.39, 0.29) is 5.83 Å². The number of anilines is 1. The fraction of sp³-hybridized carbons (Fsp3) is 0.360. The molecule has 1 unspecified atom stereocenters. The summed E-state index contributed by atoms with van der Waals surface area (Å²) in [6.45, 7) is 3.79. The Bertz CT molecular complexity index is 885. The molecule has 0 saturated carbocycles. The molecular weight excluding hydrogens is 361 g/mol. The molecule has 3 N–H and O–H groups in total. The Hall–Kier alpha value is -2.43. The zero-order chi connectivity index (χ0) is 20.1. The van der Waals surface area contributed by atoms with Crippen molar-refractivity contribution in [3.63, 3.8) is 0 Å². The SMILES string of the molecule is Nc1ccc(CNCCN2Cc3ccccc3CC2CC2=CC=C(F)CC2)cc1. The predicted molar refractivity (Wildman–Crippen MR) is 118 cm³/mol. The van der Waals surface area contributed by atoms with Crippen LogP contribution in [0.5, 0.6) is 0 Å². The van der Waals surface area contributed by atoms with Crippen LogP contribution in [0.2, 0.25) is 0 Å². The second-order valence-corrected chi connectivity index (χ2v) is 8.16. The van der Waals surface area contributed by atoms with Gasteiger partial charge in [0.1, 0.15) is 5.83 Å². The van der Waals surface area contributed by atoms with E-state index in [9.17, 15) is 4.39 Å². The Kier molecular flexibility index (Phi) is 6.43. The molecule has 1 atom stereocenters. The van der Waals surface area contributed by atoms with Crippen LogP contribution in [0, 0.1) is 0 Å². The predicted octanol–water partition coefficient (Wildman–Crippen LogP) is 4.75. The summed E-state index contributed by atoms with van der Waals surface area (Å²) in [5.74, 6) is 0.00599. The lowest BCUT2D eigenvalue weighted by Crippen LogP contribution is -2.43. The molecule has 0 saturated heterocycles. The average molecular weight is 392 g/mol. The van der Waals surface area contributed by atoms with E-state index in [1.54, 1.807) is 6.08 Å². The van der Waals surface area contributed by atoms with Gasteiger partial charge in [0.25, 0.3) is 0 Å². The van der Waals surface area contributed by atoms with Gasteiger partial charge in [0.05, 0.1) is 0 Å². The van der Waals surface area contributed by atoms with Gasteiger partial charge in [-0.3, -0.25) is 4.90 Å². The van der Waals surface area contributed by atoms with Crippen molar-refractivity contribution >= 4 is 5.69 Å². The van der Waals surface area contributed by atoms with E-state index in [1.165, 1.54) is 22.3 Å². The van der Waals surface area contributed by atoms with E-state index in [0.717, 1.165) is 51.1 Å². The van der Waals surface area contributed by atoms with Gasteiger partial charge in [-0.05, 0) is 54.2 Å². The maximum absolute atomic E-state index is 13.4. The van der Waals surface area contributed by atoms with Crippen molar-refractivity contribution in [2.24, 2.45) is 0 Å². The number of hydrogen-bond donors (Lipinski definition) is 2. The quantitative estimate of drug-likeness (QED) is 0.529. The van der Waals surface area contributed by atoms with Gasteiger partial charge in [0, 0.05) is 44.3 Å². The maximum atomic E-state index is 13.4. The Balaban J connectivity index is 1.37. The number of rotatable bonds is 7. The van der Waals surface area contributed by atoms with Gasteiger partial charge < -0.3 is 11.1 Å². The monoisotopic (exact) mass is 391 g/mol. The standard InChI is InChI=1S/C25H30FN3/c26-23-9-5-19(6-10-23)15-25-16-21-3-1-2-4-22(21)18-29(25)14-13-28-17-20-7-11-24(27)12-8-20/h1-5,7-9,11-12,25,28H,6,10,13-18,27H2. The highest BCUT2D eigenvalue weighted by atomic mass is 19.1. The molecule has 0 spiro atoms. The van der Waals surface area contributed by atoms with E-state index >= 15 is 0 Å². The van der Waals surface area contributed by atoms with Gasteiger partial charge in [-0.2, -0.15) is 0 Å². The number of allylic oxidation sites excluding steroid dienone is 3. The minimum absolute atomic E-state index is 0.00599. The van der Waals surface area contributed by atoms with Crippen LogP contribution in [0.1, 0.15) is 36.0 Å². The molecule has 0 bridgehead atoms. The number of hydrogen-bond acceptors (Lipinski definition) is 3. The largest absolute Gasteiger partial charge is 0.399 e. The average Bonchev–Trinajstić information content (AvgIpc) is 2.74. The van der Waals surface area contributed by atoms with Crippen molar-refractivity contribution in [1.29, 1.82) is 0 Å². The number of nitrogens with two attached hydrogens (primary N) is 1. The molecule has 1 heterocycles. The lowest BCUT2D eigenvalue weighted by Gasteiger charge is -2.38. The minimum atomic E-state index is 0.00599. The van der Waals surface area contributed by atoms with Crippen LogP contribution in [0.3, 0.4) is 0 Å². The van der Waals surface area contributed by atoms with Crippen molar-refractivity contribution in [1.82, 2.24) is 10.2 Å². The van der Waals surface area contributed by atoms with Gasteiger partial charge in [-0.25, -0.2) is 4.39 Å². The van der Waals surface area contributed by atoms with Gasteiger partial charge in [0.2, 0.25) is 0 Å². The number of nitrogen functional groups attached to an aromatic ring is 1. The molecule has 152 valence electrons. The summed E-state index contributed by atoms with van der Waals surface area (Å²) in [7, 11) is 0. The molecule has 3 nitrogen and oxygen atoms in total. The molecule has 0 amide bonds. The van der Waals surface area contributed by atoms with Crippen molar-refractivity contribution in [3.05, 3.63) is 88.8 Å². The molecule has 0 fully saturated rings. The van der Waals surface area contributed by atoms with Crippen molar-refractivity contribution in [2.45, 2.75) is 44.8 Å². The molecule has 2 aromatic rings. The van der Waals surface area contributed by atoms with Crippen LogP contribution in [-0.4, -0.2) is 24.0 Å². The summed E-state index contributed by atoms with van der Waals surface area (Å²) in [5.41, 5.74) is 12.1. The van der Waals surface area contributed by atoms with Gasteiger partial charge >= 0.3 is 0 Å². The summed E-state index contributed by atoms with van der Waals surface area (Å²) in [5, 5.41) is 3.57. The van der Waals surface area contributed by atoms with Crippen molar-refractivity contribution in [3.8, 4) is 0 Å². The van der Waals surface area contributed by atoms with Crippen LogP contribution in [-0.2, 0) is 19.5 Å². The highest BCUT2D eigenvalue weighted by Gasteiger charge is 2.26. The third kappa shape index (κ3) is 5.34. The zero-order valence-corrected chi connectivity index (χ0v) is 16.9. The summed E-state index contributed by atoms with van der Waals surface area (Å²) < 4.78 is 13.4. The fourth-order valence-electron chi connectivity index (χ4n) is 4.32. The van der Waals surface area contributed by atoms with Gasteiger partial charge in [-0.1, -0.05) is 48.0 Å². The number of benzene rings is 2. The Morgan fingerprint density at radius 2 is 1.79 bits per heavy atom. The van der Waals surface area contributed by atoms with Gasteiger partial charge in [-0.15, -0.1) is 0 Å². The molecule has 4 heteroatoms. The zero-order valence-electron chi connectivity index (χ0n) is 16.9. The molecule has 0 aromatic heterocycles. The van der Waals surface area contributed by atoms with Crippen LogP contribution in [0.4, 0.5) is 10.1 Å². The molecule has 29 heavy (non-hydrogen) atoms. The van der Waals surface area contributed by atoms with Gasteiger partial charge in [0.15, 0.2) is 0 Å². The van der Waals surface area contributed by atoms with Crippen molar-refractivity contribution in [2.75, 3.05) is 18.8 Å². The molecule has 2 aromatic carbocycles. The first kappa shape index (κ1) is 19.9. The van der Waals surface area contributed by atoms with Crippen LogP contribution < -0.4 is 11.1 Å². The first-order chi connectivity index (χ1) is 14.2. The minimum Gasteiger partial charge on any atom is -0.399 e. The number of nitrogens with one attached hydrogen (secondary N) is 1. The second-order valence-electron chi connectivity index (χ2n) is 8.16. The lowest BCUT2D eigenvalue weighted by atomic mass is 9.88. The lowest BCUT2D eigenvalue weighted by molar-refractivity contribution is 0.169. The smallest absolute Gasteiger partial charge is 0.100 e. The first-order valence-electron chi connectivity index (χ1n) is 10.6. The summed E-state index contributed by atoms with van der Waals surface area (Å²) >= 11 is 0. The number of halogens is 1. The maximum Gasteiger partial charge on any atom is 0.100 e. The number of fused-ring (bicyclic) bond motifs is 1. The highest BCUT2D eigenvalue weighted by molar-refractivity contribution is 5.39. The molecule has 2 aliphatic rings. The van der Waals surface area contributed by atoms with E-state index in [0.29, 0.717) is 12.5 Å². The topological polar surface area (TPSA) is 41.3 Å². The number of nitrogens with zero attached hydrogens (tertiary/aromatic N) is 1. The van der Waals surface area contributed by atoms with Crippen LogP contribution in [0.25, 0.3) is 0 Å². The third-order valence-electron chi connectivity index (χ3n) is 6.03. The van der Waals surface area contributed by atoms with Crippen LogP contribution in [0.15, 0.2) is 72.1 Å². The Labute approximate surface area is 173 Å². The Morgan fingerprint density at radius 1 is 1.00 bits per heavy atom. The normalized spacial score (nSPS) is 19.4. The molecular formula is C25H30FN3. The third-order valence-corrected chi connectivity index (χ3v) is 6.03. The molecule has 0 radical (unpaired) electrons. The summed E-state index contributed by atoms with van der Waals surface area (Å²) in [4.78, 5) is 2.59. The second kappa shape index (κ2) is 9.38. The van der Waals surface area contributed by atoms with E-state index in [1.807, 2.05) is 18.2 Å². The summed E-state index contributed by atoms with van der Waals surface area (Å²) in [6, 6.07) is 17.3. The highest BCUT2D eigenvalue weighted by Crippen LogP contribution is 2.30. The first-order valence-corrected chi connectivity index (χ1v) is 10.6. The molecule has 4 rings (SSSR count). The summed E-state index contributed by atoms with van der Waals surface area (Å²) in [6.07, 6.45) is 7.14. The van der Waals surface area contributed by atoms with E-state index in [4.69, 9.17) is 5.73 Å². The molecule has 1 aliphatic heterocycles. The van der Waals surface area contributed by atoms with Crippen LogP contribution >= 0.6 is 0 Å².